The van der Waals surface area contributed by atoms with E-state index < -0.39 is 0 Å². The van der Waals surface area contributed by atoms with E-state index in [0.717, 1.165) is 51.2 Å². The number of rotatable bonds is 5. The Hall–Kier alpha value is -3.58. The Labute approximate surface area is 184 Å². The van der Waals surface area contributed by atoms with Crippen LogP contribution >= 0.6 is 11.6 Å². The third-order valence-corrected chi connectivity index (χ3v) is 5.57. The zero-order valence-corrected chi connectivity index (χ0v) is 17.9. The first kappa shape index (κ1) is 19.4. The second kappa shape index (κ2) is 7.92. The molecule has 0 aliphatic rings. The maximum absolute atomic E-state index is 6.23. The second-order valence-electron chi connectivity index (χ2n) is 7.38. The number of imidazole rings is 1. The zero-order valence-electron chi connectivity index (χ0n) is 17.2. The van der Waals surface area contributed by atoms with Gasteiger partial charge in [0.1, 0.15) is 16.5 Å². The number of hydrogen-bond acceptors (Lipinski definition) is 5. The van der Waals surface area contributed by atoms with Gasteiger partial charge in [-0.3, -0.25) is 0 Å². The topological polar surface area (TPSA) is 85.2 Å². The lowest BCUT2D eigenvalue weighted by atomic mass is 9.98. The van der Waals surface area contributed by atoms with Crippen molar-refractivity contribution < 1.29 is 0 Å². The van der Waals surface area contributed by atoms with E-state index in [1.54, 1.807) is 0 Å². The second-order valence-corrected chi connectivity index (χ2v) is 7.77. The number of tetrazole rings is 1. The van der Waals surface area contributed by atoms with Crippen LogP contribution in [0, 0.1) is 6.92 Å². The van der Waals surface area contributed by atoms with Crippen molar-refractivity contribution in [3.05, 3.63) is 76.7 Å². The molecule has 1 N–H and O–H groups in total. The summed E-state index contributed by atoms with van der Waals surface area (Å²) < 4.78 is 2.15. The maximum Gasteiger partial charge on any atom is 0.205 e. The zero-order chi connectivity index (χ0) is 21.4. The largest absolute Gasteiger partial charge is 0.308 e. The predicted molar refractivity (Wildman–Crippen MR) is 121 cm³/mol. The highest BCUT2D eigenvalue weighted by molar-refractivity contribution is 6.29. The van der Waals surface area contributed by atoms with Crippen molar-refractivity contribution >= 4 is 22.8 Å². The molecule has 0 saturated heterocycles. The third-order valence-electron chi connectivity index (χ3n) is 5.38. The van der Waals surface area contributed by atoms with Gasteiger partial charge in [0.25, 0.3) is 0 Å². The minimum atomic E-state index is 0.488. The first-order chi connectivity index (χ1) is 15.1. The highest BCUT2D eigenvalue weighted by Crippen LogP contribution is 2.30. The van der Waals surface area contributed by atoms with E-state index in [1.165, 1.54) is 0 Å². The summed E-state index contributed by atoms with van der Waals surface area (Å²) >= 11 is 6.23. The van der Waals surface area contributed by atoms with Crippen molar-refractivity contribution in [1.82, 2.24) is 35.2 Å². The van der Waals surface area contributed by atoms with Crippen molar-refractivity contribution in [3.63, 3.8) is 0 Å². The highest BCUT2D eigenvalue weighted by Gasteiger charge is 2.15. The third kappa shape index (κ3) is 3.57. The molecule has 5 aromatic rings. The van der Waals surface area contributed by atoms with Crippen LogP contribution in [-0.2, 0) is 13.0 Å². The Morgan fingerprint density at radius 1 is 1.00 bits per heavy atom. The predicted octanol–water partition coefficient (Wildman–Crippen LogP) is 4.85. The van der Waals surface area contributed by atoms with Crippen LogP contribution < -0.4 is 0 Å². The van der Waals surface area contributed by atoms with Crippen LogP contribution in [0.4, 0.5) is 0 Å². The molecule has 0 aliphatic heterocycles. The van der Waals surface area contributed by atoms with Crippen LogP contribution in [0.15, 0.2) is 54.6 Å². The number of aryl methyl sites for hydroxylation is 2. The normalized spacial score (nSPS) is 11.3. The Morgan fingerprint density at radius 3 is 2.48 bits per heavy atom. The van der Waals surface area contributed by atoms with Gasteiger partial charge in [-0.05, 0) is 40.5 Å². The summed E-state index contributed by atoms with van der Waals surface area (Å²) in [7, 11) is 0. The number of hydrogen-bond donors (Lipinski definition) is 1. The summed E-state index contributed by atoms with van der Waals surface area (Å²) in [5, 5.41) is 14.9. The van der Waals surface area contributed by atoms with Crippen LogP contribution in [0.1, 0.15) is 23.9 Å². The fraction of sp³-hybridized carbons (Fsp3) is 0.174. The molecule has 0 bridgehead atoms. The van der Waals surface area contributed by atoms with Crippen molar-refractivity contribution in [3.8, 4) is 22.5 Å². The number of nitrogens with zero attached hydrogens (tertiary/aromatic N) is 6. The quantitative estimate of drug-likeness (QED) is 0.403. The van der Waals surface area contributed by atoms with Crippen molar-refractivity contribution in [2.45, 2.75) is 26.8 Å². The molecule has 0 spiro atoms. The lowest BCUT2D eigenvalue weighted by Crippen LogP contribution is -2.05. The van der Waals surface area contributed by atoms with E-state index in [9.17, 15) is 0 Å². The van der Waals surface area contributed by atoms with E-state index in [2.05, 4.69) is 67.4 Å². The molecule has 0 amide bonds. The fourth-order valence-corrected chi connectivity index (χ4v) is 4.11. The Kier molecular flexibility index (Phi) is 4.95. The first-order valence-corrected chi connectivity index (χ1v) is 10.5. The number of halogens is 1. The highest BCUT2D eigenvalue weighted by atomic mass is 35.5. The lowest BCUT2D eigenvalue weighted by molar-refractivity contribution is 0.746. The van der Waals surface area contributed by atoms with Gasteiger partial charge in [0.2, 0.25) is 5.82 Å². The summed E-state index contributed by atoms with van der Waals surface area (Å²) in [5.74, 6) is 1.58. The minimum Gasteiger partial charge on any atom is -0.308 e. The lowest BCUT2D eigenvalue weighted by Gasteiger charge is -2.10. The Balaban J connectivity index is 1.51. The van der Waals surface area contributed by atoms with Crippen molar-refractivity contribution in [1.29, 1.82) is 0 Å². The average Bonchev–Trinajstić information content (AvgIpc) is 3.43. The molecule has 3 aromatic heterocycles. The van der Waals surface area contributed by atoms with Gasteiger partial charge in [0.15, 0.2) is 5.65 Å². The molecular weight excluding hydrogens is 410 g/mol. The van der Waals surface area contributed by atoms with E-state index in [1.807, 2.05) is 31.2 Å². The monoisotopic (exact) mass is 429 g/mol. The number of H-pyrrole nitrogens is 1. The van der Waals surface area contributed by atoms with Gasteiger partial charge >= 0.3 is 0 Å². The number of pyridine rings is 1. The van der Waals surface area contributed by atoms with Crippen molar-refractivity contribution in [2.75, 3.05) is 0 Å². The molecule has 0 saturated carbocycles. The number of fused-ring (bicyclic) bond motifs is 1. The average molecular weight is 430 g/mol. The molecule has 5 rings (SSSR count). The van der Waals surface area contributed by atoms with Crippen LogP contribution in [0.25, 0.3) is 33.7 Å². The number of aromatic nitrogens is 7. The fourth-order valence-electron chi connectivity index (χ4n) is 3.86. The summed E-state index contributed by atoms with van der Waals surface area (Å²) in [4.78, 5) is 9.34. The van der Waals surface area contributed by atoms with Crippen LogP contribution in [0.3, 0.4) is 0 Å². The SMILES string of the molecule is CCc1nc2c(C)cc(Cl)nc2n1Cc1ccc(-c2ccccc2-c2nn[nH]n2)cc1. The molecular formula is C23H20ClN7. The summed E-state index contributed by atoms with van der Waals surface area (Å²) in [6.07, 6.45) is 0.823. The molecule has 0 radical (unpaired) electrons. The molecule has 0 fully saturated rings. The molecule has 7 nitrogen and oxygen atoms in total. The van der Waals surface area contributed by atoms with E-state index in [-0.39, 0.29) is 0 Å². The number of nitrogens with one attached hydrogen (secondary N) is 1. The van der Waals surface area contributed by atoms with Crippen LogP contribution in [-0.4, -0.2) is 35.2 Å². The smallest absolute Gasteiger partial charge is 0.205 e. The molecule has 3 heterocycles. The number of aromatic amines is 1. The van der Waals surface area contributed by atoms with Gasteiger partial charge in [0.05, 0.1) is 6.54 Å². The van der Waals surface area contributed by atoms with Crippen molar-refractivity contribution in [2.24, 2.45) is 0 Å². The van der Waals surface area contributed by atoms with Gasteiger partial charge in [-0.15, -0.1) is 10.2 Å². The van der Waals surface area contributed by atoms with Gasteiger partial charge in [0, 0.05) is 12.0 Å². The molecule has 0 atom stereocenters. The Bertz CT molecular complexity index is 1360. The minimum absolute atomic E-state index is 0.488. The summed E-state index contributed by atoms with van der Waals surface area (Å²) in [5.41, 5.74) is 7.02. The standard InChI is InChI=1S/C23H20ClN7/c1-3-20-26-21-14(2)12-19(24)25-23(21)31(20)13-15-8-10-16(11-9-15)17-6-4-5-7-18(17)22-27-29-30-28-22/h4-12H,3,13H2,1-2H3,(H,27,28,29,30). The first-order valence-electron chi connectivity index (χ1n) is 10.1. The van der Waals surface area contributed by atoms with E-state index >= 15 is 0 Å². The van der Waals surface area contributed by atoms with Crippen LogP contribution in [0.5, 0.6) is 0 Å². The van der Waals surface area contributed by atoms with Crippen LogP contribution in [0.2, 0.25) is 5.15 Å². The molecule has 8 heteroatoms. The van der Waals surface area contributed by atoms with Gasteiger partial charge in [-0.2, -0.15) is 5.21 Å². The molecule has 0 unspecified atom stereocenters. The van der Waals surface area contributed by atoms with Gasteiger partial charge in [-0.25, -0.2) is 9.97 Å². The molecule has 0 aliphatic carbocycles. The van der Waals surface area contributed by atoms with E-state index in [0.29, 0.717) is 17.5 Å². The molecule has 154 valence electrons. The number of benzene rings is 2. The summed E-state index contributed by atoms with van der Waals surface area (Å²) in [6.45, 7) is 4.80. The Morgan fingerprint density at radius 2 is 1.77 bits per heavy atom. The maximum atomic E-state index is 6.23. The van der Waals surface area contributed by atoms with Gasteiger partial charge < -0.3 is 4.57 Å². The van der Waals surface area contributed by atoms with E-state index in [4.69, 9.17) is 16.6 Å². The molecule has 2 aromatic carbocycles. The molecule has 31 heavy (non-hydrogen) atoms. The summed E-state index contributed by atoms with van der Waals surface area (Å²) in [6, 6.07) is 18.4. The van der Waals surface area contributed by atoms with Gasteiger partial charge in [-0.1, -0.05) is 67.1 Å².